The summed E-state index contributed by atoms with van der Waals surface area (Å²) < 4.78 is 20.6. The molecular formula is C17H22N2O7. The molecule has 0 bridgehead atoms. The molecule has 142 valence electrons. The zero-order valence-corrected chi connectivity index (χ0v) is 15.2. The highest BCUT2D eigenvalue weighted by atomic mass is 16.5. The van der Waals surface area contributed by atoms with Crippen molar-refractivity contribution in [1.29, 1.82) is 0 Å². The minimum atomic E-state index is -1.13. The molecule has 0 aliphatic carbocycles. The molecule has 1 rings (SSSR count). The van der Waals surface area contributed by atoms with Crippen LogP contribution < -0.4 is 24.8 Å². The van der Waals surface area contributed by atoms with E-state index in [-0.39, 0.29) is 0 Å². The van der Waals surface area contributed by atoms with Crippen molar-refractivity contribution >= 4 is 24.0 Å². The Hall–Kier alpha value is -3.23. The molecule has 9 heteroatoms. The first-order chi connectivity index (χ1) is 12.4. The molecule has 0 saturated heterocycles. The standard InChI is InChI=1S/C17H22N2O7/c1-10(16(21)19-17(22)18-2)26-14(20)7-6-11-8-12(23-3)15(25-5)13(9-11)24-4/h6-10H,1-5H3,(H2,18,19,21,22)/b7-6+/t10-/m1/s1. The van der Waals surface area contributed by atoms with E-state index in [2.05, 4.69) is 5.32 Å². The molecule has 0 heterocycles. The van der Waals surface area contributed by atoms with Crippen LogP contribution in [0.1, 0.15) is 12.5 Å². The molecule has 0 saturated carbocycles. The SMILES string of the molecule is CNC(=O)NC(=O)[C@@H](C)OC(=O)/C=C/c1cc(OC)c(OC)c(OC)c1. The molecule has 0 aliphatic heterocycles. The number of imide groups is 1. The Morgan fingerprint density at radius 3 is 2.08 bits per heavy atom. The Morgan fingerprint density at radius 2 is 1.62 bits per heavy atom. The topological polar surface area (TPSA) is 112 Å². The number of amides is 3. The molecule has 1 aromatic carbocycles. The molecule has 1 atom stereocenters. The average molecular weight is 366 g/mol. The van der Waals surface area contributed by atoms with Gasteiger partial charge in [-0.05, 0) is 30.7 Å². The summed E-state index contributed by atoms with van der Waals surface area (Å²) in [5.41, 5.74) is 0.596. The molecule has 2 N–H and O–H groups in total. The van der Waals surface area contributed by atoms with Crippen LogP contribution in [-0.2, 0) is 14.3 Å². The van der Waals surface area contributed by atoms with E-state index >= 15 is 0 Å². The van der Waals surface area contributed by atoms with E-state index in [0.29, 0.717) is 22.8 Å². The van der Waals surface area contributed by atoms with Gasteiger partial charge >= 0.3 is 12.0 Å². The second-order valence-corrected chi connectivity index (χ2v) is 4.94. The van der Waals surface area contributed by atoms with Crippen molar-refractivity contribution < 1.29 is 33.3 Å². The number of benzene rings is 1. The van der Waals surface area contributed by atoms with Gasteiger partial charge in [0.25, 0.3) is 5.91 Å². The van der Waals surface area contributed by atoms with Crippen LogP contribution in [-0.4, -0.2) is 52.4 Å². The third kappa shape index (κ3) is 5.69. The lowest BCUT2D eigenvalue weighted by molar-refractivity contribution is -0.149. The van der Waals surface area contributed by atoms with Gasteiger partial charge in [0.15, 0.2) is 17.6 Å². The first kappa shape index (κ1) is 20.8. The van der Waals surface area contributed by atoms with Gasteiger partial charge in [0, 0.05) is 13.1 Å². The minimum Gasteiger partial charge on any atom is -0.493 e. The van der Waals surface area contributed by atoms with Gasteiger partial charge in [-0.3, -0.25) is 10.1 Å². The molecule has 0 fully saturated rings. The van der Waals surface area contributed by atoms with E-state index < -0.39 is 24.0 Å². The molecule has 0 radical (unpaired) electrons. The molecule has 0 spiro atoms. The van der Waals surface area contributed by atoms with Crippen LogP contribution in [0.3, 0.4) is 0 Å². The molecule has 0 aliphatic rings. The summed E-state index contributed by atoms with van der Waals surface area (Å²) in [5, 5.41) is 4.24. The van der Waals surface area contributed by atoms with Crippen molar-refractivity contribution in [3.63, 3.8) is 0 Å². The van der Waals surface area contributed by atoms with Gasteiger partial charge in [-0.1, -0.05) is 0 Å². The lowest BCUT2D eigenvalue weighted by atomic mass is 10.1. The molecule has 9 nitrogen and oxygen atoms in total. The van der Waals surface area contributed by atoms with Gasteiger partial charge in [0.1, 0.15) is 0 Å². The van der Waals surface area contributed by atoms with Crippen molar-refractivity contribution in [2.45, 2.75) is 13.0 Å². The summed E-state index contributed by atoms with van der Waals surface area (Å²) in [6.45, 7) is 1.35. The van der Waals surface area contributed by atoms with E-state index in [0.717, 1.165) is 6.08 Å². The van der Waals surface area contributed by atoms with Gasteiger partial charge in [-0.15, -0.1) is 0 Å². The summed E-state index contributed by atoms with van der Waals surface area (Å²) in [6, 6.07) is 2.60. The number of nitrogens with one attached hydrogen (secondary N) is 2. The molecule has 1 aromatic rings. The maximum Gasteiger partial charge on any atom is 0.331 e. The number of hydrogen-bond donors (Lipinski definition) is 2. The lowest BCUT2D eigenvalue weighted by Gasteiger charge is -2.13. The highest BCUT2D eigenvalue weighted by molar-refractivity contribution is 5.98. The zero-order chi connectivity index (χ0) is 19.7. The van der Waals surface area contributed by atoms with E-state index in [4.69, 9.17) is 18.9 Å². The fourth-order valence-corrected chi connectivity index (χ4v) is 1.90. The highest BCUT2D eigenvalue weighted by Gasteiger charge is 2.18. The van der Waals surface area contributed by atoms with Crippen molar-refractivity contribution in [1.82, 2.24) is 10.6 Å². The smallest absolute Gasteiger partial charge is 0.331 e. The molecule has 0 aromatic heterocycles. The van der Waals surface area contributed by atoms with Crippen LogP contribution in [0.15, 0.2) is 18.2 Å². The molecular weight excluding hydrogens is 344 g/mol. The largest absolute Gasteiger partial charge is 0.493 e. The first-order valence-corrected chi connectivity index (χ1v) is 7.57. The normalized spacial score (nSPS) is 11.4. The number of rotatable bonds is 7. The summed E-state index contributed by atoms with van der Waals surface area (Å²) in [5.74, 6) is -0.206. The van der Waals surface area contributed by atoms with Gasteiger partial charge in [0.05, 0.1) is 21.3 Å². The second-order valence-electron chi connectivity index (χ2n) is 4.94. The number of methoxy groups -OCH3 is 3. The summed E-state index contributed by atoms with van der Waals surface area (Å²) in [4.78, 5) is 34.5. The van der Waals surface area contributed by atoms with Crippen LogP contribution in [0.25, 0.3) is 6.08 Å². The Balaban J connectivity index is 2.82. The Kier molecular flexibility index (Phi) is 7.94. The highest BCUT2D eigenvalue weighted by Crippen LogP contribution is 2.38. The third-order valence-electron chi connectivity index (χ3n) is 3.22. The summed E-state index contributed by atoms with van der Waals surface area (Å²) in [6.07, 6.45) is 1.48. The van der Waals surface area contributed by atoms with Crippen molar-refractivity contribution in [3.05, 3.63) is 23.8 Å². The van der Waals surface area contributed by atoms with Crippen molar-refractivity contribution in [3.8, 4) is 17.2 Å². The summed E-state index contributed by atoms with van der Waals surface area (Å²) in [7, 11) is 5.80. The number of carbonyl (C=O) groups excluding carboxylic acids is 3. The van der Waals surface area contributed by atoms with E-state index in [9.17, 15) is 14.4 Å². The first-order valence-electron chi connectivity index (χ1n) is 7.57. The number of hydrogen-bond acceptors (Lipinski definition) is 7. The van der Waals surface area contributed by atoms with Crippen LogP contribution >= 0.6 is 0 Å². The maximum atomic E-state index is 11.8. The molecule has 0 unspecified atom stereocenters. The number of urea groups is 1. The van der Waals surface area contributed by atoms with Crippen molar-refractivity contribution in [2.24, 2.45) is 0 Å². The predicted octanol–water partition coefficient (Wildman–Crippen LogP) is 1.11. The minimum absolute atomic E-state index is 0.425. The third-order valence-corrected chi connectivity index (χ3v) is 3.22. The molecule has 3 amide bonds. The molecule has 26 heavy (non-hydrogen) atoms. The van der Waals surface area contributed by atoms with Gasteiger partial charge in [-0.25, -0.2) is 9.59 Å². The van der Waals surface area contributed by atoms with Crippen LogP contribution in [0.5, 0.6) is 17.2 Å². The fraction of sp³-hybridized carbons (Fsp3) is 0.353. The van der Waals surface area contributed by atoms with Gasteiger partial charge in [-0.2, -0.15) is 0 Å². The van der Waals surface area contributed by atoms with E-state index in [1.54, 1.807) is 12.1 Å². The number of esters is 1. The maximum absolute atomic E-state index is 11.8. The van der Waals surface area contributed by atoms with E-state index in [1.807, 2.05) is 5.32 Å². The Morgan fingerprint density at radius 1 is 1.04 bits per heavy atom. The van der Waals surface area contributed by atoms with Gasteiger partial charge < -0.3 is 24.3 Å². The van der Waals surface area contributed by atoms with E-state index in [1.165, 1.54) is 41.4 Å². The Bertz CT molecular complexity index is 675. The van der Waals surface area contributed by atoms with Crippen LogP contribution in [0.2, 0.25) is 0 Å². The lowest BCUT2D eigenvalue weighted by Crippen LogP contribution is -2.43. The fourth-order valence-electron chi connectivity index (χ4n) is 1.90. The zero-order valence-electron chi connectivity index (χ0n) is 15.2. The Labute approximate surface area is 151 Å². The van der Waals surface area contributed by atoms with Crippen LogP contribution in [0.4, 0.5) is 4.79 Å². The monoisotopic (exact) mass is 366 g/mol. The van der Waals surface area contributed by atoms with Gasteiger partial charge in [0.2, 0.25) is 5.75 Å². The predicted molar refractivity (Wildman–Crippen MR) is 93.3 cm³/mol. The second kappa shape index (κ2) is 9.92. The summed E-state index contributed by atoms with van der Waals surface area (Å²) >= 11 is 0. The number of ether oxygens (including phenoxy) is 4. The average Bonchev–Trinajstić information content (AvgIpc) is 2.64. The quantitative estimate of drug-likeness (QED) is 0.549. The van der Waals surface area contributed by atoms with Crippen molar-refractivity contribution in [2.75, 3.05) is 28.4 Å². The number of carbonyl (C=O) groups is 3. The van der Waals surface area contributed by atoms with Crippen LogP contribution in [0, 0.1) is 0 Å².